The molecule has 0 atom stereocenters. The molecule has 118 valence electrons. The van der Waals surface area contributed by atoms with Crippen LogP contribution in [0.3, 0.4) is 0 Å². The van der Waals surface area contributed by atoms with E-state index in [9.17, 15) is 18.0 Å². The second-order valence-electron chi connectivity index (χ2n) is 4.58. The first-order valence-corrected chi connectivity index (χ1v) is 8.22. The van der Waals surface area contributed by atoms with Gasteiger partial charge in [0.1, 0.15) is 10.7 Å². The Bertz CT molecular complexity index is 825. The van der Waals surface area contributed by atoms with Crippen molar-refractivity contribution in [3.63, 3.8) is 0 Å². The summed E-state index contributed by atoms with van der Waals surface area (Å²) in [6.07, 6.45) is -4.45. The molecule has 1 amide bonds. The maximum absolute atomic E-state index is 12.7. The van der Waals surface area contributed by atoms with Gasteiger partial charge in [-0.05, 0) is 29.6 Å². The zero-order valence-corrected chi connectivity index (χ0v) is 13.1. The lowest BCUT2D eigenvalue weighted by atomic mass is 10.2. The fourth-order valence-corrected chi connectivity index (χ4v) is 3.38. The van der Waals surface area contributed by atoms with E-state index in [4.69, 9.17) is 0 Å². The van der Waals surface area contributed by atoms with Crippen molar-refractivity contribution in [2.75, 3.05) is 5.32 Å². The highest BCUT2D eigenvalue weighted by Gasteiger charge is 2.30. The zero-order chi connectivity index (χ0) is 16.4. The Kier molecular flexibility index (Phi) is 4.18. The molecule has 0 fully saturated rings. The van der Waals surface area contributed by atoms with Crippen LogP contribution in [0.4, 0.5) is 18.9 Å². The molecule has 0 radical (unpaired) electrons. The third-order valence-corrected chi connectivity index (χ3v) is 4.53. The van der Waals surface area contributed by atoms with Gasteiger partial charge in [-0.2, -0.15) is 24.5 Å². The molecule has 2 aromatic heterocycles. The van der Waals surface area contributed by atoms with Gasteiger partial charge >= 0.3 is 6.18 Å². The Morgan fingerprint density at radius 1 is 1.17 bits per heavy atom. The van der Waals surface area contributed by atoms with Crippen LogP contribution >= 0.6 is 22.7 Å². The molecule has 0 saturated heterocycles. The number of carbonyl (C=O) groups is 1. The van der Waals surface area contributed by atoms with Gasteiger partial charge in [0.05, 0.1) is 5.56 Å². The molecular weight excluding hydrogens is 345 g/mol. The summed E-state index contributed by atoms with van der Waals surface area (Å²) in [6.45, 7) is 0. The first-order valence-electron chi connectivity index (χ1n) is 6.40. The van der Waals surface area contributed by atoms with Gasteiger partial charge in [0.15, 0.2) is 0 Å². The molecule has 23 heavy (non-hydrogen) atoms. The van der Waals surface area contributed by atoms with Gasteiger partial charge in [0, 0.05) is 22.0 Å². The van der Waals surface area contributed by atoms with E-state index in [0.29, 0.717) is 5.01 Å². The summed E-state index contributed by atoms with van der Waals surface area (Å²) in [5.74, 6) is -0.540. The third-order valence-electron chi connectivity index (χ3n) is 2.95. The van der Waals surface area contributed by atoms with Crippen LogP contribution in [0.2, 0.25) is 0 Å². The van der Waals surface area contributed by atoms with E-state index in [1.165, 1.54) is 34.8 Å². The lowest BCUT2D eigenvalue weighted by molar-refractivity contribution is -0.137. The molecule has 0 aliphatic carbocycles. The molecule has 0 unspecified atom stereocenters. The predicted molar refractivity (Wildman–Crippen MR) is 84.8 cm³/mol. The third kappa shape index (κ3) is 3.59. The Morgan fingerprint density at radius 2 is 2.00 bits per heavy atom. The molecule has 2 heterocycles. The van der Waals surface area contributed by atoms with Gasteiger partial charge in [-0.15, -0.1) is 11.3 Å². The number of thiophene rings is 1. The van der Waals surface area contributed by atoms with Crippen molar-refractivity contribution in [3.8, 4) is 10.6 Å². The summed E-state index contributed by atoms with van der Waals surface area (Å²) in [5.41, 5.74) is 0.356. The first-order chi connectivity index (χ1) is 10.9. The summed E-state index contributed by atoms with van der Waals surface area (Å²) in [7, 11) is 0. The highest BCUT2D eigenvalue weighted by Crippen LogP contribution is 2.31. The molecule has 0 aliphatic rings. The monoisotopic (exact) mass is 354 g/mol. The SMILES string of the molecule is O=C(Nc1cccc(C(F)(F)F)c1)c1csc(-c2ccsc2)n1. The number of thiazole rings is 1. The lowest BCUT2D eigenvalue weighted by Crippen LogP contribution is -2.13. The summed E-state index contributed by atoms with van der Waals surface area (Å²) in [5, 5.41) is 8.52. The van der Waals surface area contributed by atoms with E-state index in [1.807, 2.05) is 16.8 Å². The summed E-state index contributed by atoms with van der Waals surface area (Å²) in [6, 6.07) is 6.38. The van der Waals surface area contributed by atoms with Crippen LogP contribution in [0.15, 0.2) is 46.5 Å². The number of benzene rings is 1. The van der Waals surface area contributed by atoms with Crippen LogP contribution in [0.1, 0.15) is 16.1 Å². The highest BCUT2D eigenvalue weighted by atomic mass is 32.1. The molecular formula is C15H9F3N2OS2. The van der Waals surface area contributed by atoms with Gasteiger partial charge in [-0.3, -0.25) is 4.79 Å². The van der Waals surface area contributed by atoms with Crippen molar-refractivity contribution in [1.29, 1.82) is 0 Å². The number of nitrogens with zero attached hydrogens (tertiary/aromatic N) is 1. The first kappa shape index (κ1) is 15.7. The fraction of sp³-hybridized carbons (Fsp3) is 0.0667. The van der Waals surface area contributed by atoms with Crippen molar-refractivity contribution in [1.82, 2.24) is 4.98 Å². The number of aromatic nitrogens is 1. The van der Waals surface area contributed by atoms with Crippen LogP contribution < -0.4 is 5.32 Å². The maximum Gasteiger partial charge on any atom is 0.416 e. The predicted octanol–water partition coefficient (Wildman–Crippen LogP) is 5.14. The van der Waals surface area contributed by atoms with Crippen molar-refractivity contribution in [2.24, 2.45) is 0 Å². The van der Waals surface area contributed by atoms with E-state index < -0.39 is 17.6 Å². The van der Waals surface area contributed by atoms with Crippen LogP contribution in [0.5, 0.6) is 0 Å². The number of nitrogens with one attached hydrogen (secondary N) is 1. The number of halogens is 3. The minimum absolute atomic E-state index is 0.0786. The minimum atomic E-state index is -4.45. The van der Waals surface area contributed by atoms with Gasteiger partial charge in [-0.25, -0.2) is 4.98 Å². The summed E-state index contributed by atoms with van der Waals surface area (Å²) < 4.78 is 38.0. The molecule has 0 aliphatic heterocycles. The molecule has 1 N–H and O–H groups in total. The molecule has 0 spiro atoms. The Hall–Kier alpha value is -2.19. The molecule has 0 bridgehead atoms. The Labute approximate surface area is 137 Å². The quantitative estimate of drug-likeness (QED) is 0.707. The van der Waals surface area contributed by atoms with Crippen LogP contribution in [-0.4, -0.2) is 10.9 Å². The summed E-state index contributed by atoms with van der Waals surface area (Å²) >= 11 is 2.83. The zero-order valence-electron chi connectivity index (χ0n) is 11.4. The Morgan fingerprint density at radius 3 is 2.70 bits per heavy atom. The van der Waals surface area contributed by atoms with Gasteiger partial charge in [-0.1, -0.05) is 6.07 Å². The van der Waals surface area contributed by atoms with E-state index in [0.717, 1.165) is 17.7 Å². The number of amides is 1. The van der Waals surface area contributed by atoms with Gasteiger partial charge < -0.3 is 5.32 Å². The van der Waals surface area contributed by atoms with Gasteiger partial charge in [0.25, 0.3) is 5.91 Å². The number of anilines is 1. The summed E-state index contributed by atoms with van der Waals surface area (Å²) in [4.78, 5) is 16.3. The smallest absolute Gasteiger partial charge is 0.321 e. The van der Waals surface area contributed by atoms with Crippen molar-refractivity contribution >= 4 is 34.3 Å². The topological polar surface area (TPSA) is 42.0 Å². The second kappa shape index (κ2) is 6.13. The highest BCUT2D eigenvalue weighted by molar-refractivity contribution is 7.14. The normalized spacial score (nSPS) is 11.4. The molecule has 0 saturated carbocycles. The van der Waals surface area contributed by atoms with E-state index in [2.05, 4.69) is 10.3 Å². The second-order valence-corrected chi connectivity index (χ2v) is 6.22. The maximum atomic E-state index is 12.7. The molecule has 3 aromatic rings. The molecule has 3 rings (SSSR count). The van der Waals surface area contributed by atoms with Crippen molar-refractivity contribution in [2.45, 2.75) is 6.18 Å². The average Bonchev–Trinajstić information content (AvgIpc) is 3.18. The van der Waals surface area contributed by atoms with Crippen LogP contribution in [0.25, 0.3) is 10.6 Å². The van der Waals surface area contributed by atoms with Crippen LogP contribution in [-0.2, 0) is 6.18 Å². The standard InChI is InChI=1S/C15H9F3N2OS2/c16-15(17,18)10-2-1-3-11(6-10)19-13(21)12-8-23-14(20-12)9-4-5-22-7-9/h1-8H,(H,19,21). The fourth-order valence-electron chi connectivity index (χ4n) is 1.87. The number of alkyl halides is 3. The average molecular weight is 354 g/mol. The molecule has 8 heteroatoms. The van der Waals surface area contributed by atoms with Crippen molar-refractivity contribution in [3.05, 3.63) is 57.7 Å². The van der Waals surface area contributed by atoms with Gasteiger partial charge in [0.2, 0.25) is 0 Å². The number of carbonyl (C=O) groups excluding carboxylic acids is 1. The van der Waals surface area contributed by atoms with E-state index >= 15 is 0 Å². The molecule has 3 nitrogen and oxygen atoms in total. The minimum Gasteiger partial charge on any atom is -0.321 e. The van der Waals surface area contributed by atoms with E-state index in [1.54, 1.807) is 5.38 Å². The number of rotatable bonds is 3. The Balaban J connectivity index is 1.77. The number of hydrogen-bond acceptors (Lipinski definition) is 4. The lowest BCUT2D eigenvalue weighted by Gasteiger charge is -2.09. The van der Waals surface area contributed by atoms with Crippen LogP contribution in [0, 0.1) is 0 Å². The largest absolute Gasteiger partial charge is 0.416 e. The molecule has 1 aromatic carbocycles. The van der Waals surface area contributed by atoms with Crippen molar-refractivity contribution < 1.29 is 18.0 Å². The number of hydrogen-bond donors (Lipinski definition) is 1. The van der Waals surface area contributed by atoms with E-state index in [-0.39, 0.29) is 11.4 Å².